The van der Waals surface area contributed by atoms with Crippen LogP contribution in [0.25, 0.3) is 0 Å². The van der Waals surface area contributed by atoms with Crippen molar-refractivity contribution in [3.8, 4) is 0 Å². The van der Waals surface area contributed by atoms with Crippen molar-refractivity contribution in [3.05, 3.63) is 0 Å². The van der Waals surface area contributed by atoms with E-state index in [9.17, 15) is 4.79 Å². The number of rotatable bonds is 11. The van der Waals surface area contributed by atoms with E-state index < -0.39 is 24.3 Å². The van der Waals surface area contributed by atoms with Gasteiger partial charge in [0.05, 0.1) is 19.8 Å². The summed E-state index contributed by atoms with van der Waals surface area (Å²) in [5.41, 5.74) is 0. The van der Waals surface area contributed by atoms with Crippen LogP contribution >= 0.6 is 0 Å². The monoisotopic (exact) mass is 294 g/mol. The van der Waals surface area contributed by atoms with Crippen LogP contribution in [0.1, 0.15) is 6.42 Å². The fourth-order valence-electron chi connectivity index (χ4n) is 2.00. The molecule has 0 aliphatic heterocycles. The average Bonchev–Trinajstić information content (AvgIpc) is 2.49. The van der Waals surface area contributed by atoms with E-state index in [1.807, 2.05) is 0 Å². The third kappa shape index (κ3) is 5.72. The van der Waals surface area contributed by atoms with Crippen molar-refractivity contribution < 1.29 is 33.2 Å². The Morgan fingerprint density at radius 3 is 1.80 bits per heavy atom. The lowest BCUT2D eigenvalue weighted by atomic mass is 10.0. The van der Waals surface area contributed by atoms with Gasteiger partial charge >= 0.3 is 5.97 Å². The minimum atomic E-state index is -0.720. The number of hydrogen-bond acceptors (Lipinski definition) is 7. The molecule has 0 saturated carbocycles. The van der Waals surface area contributed by atoms with E-state index in [2.05, 4.69) is 4.74 Å². The first-order chi connectivity index (χ1) is 9.59. The molecule has 0 spiro atoms. The third-order valence-corrected chi connectivity index (χ3v) is 3.14. The minimum absolute atomic E-state index is 0.293. The number of carbonyl (C=O) groups excluding carboxylic acids is 1. The van der Waals surface area contributed by atoms with Crippen molar-refractivity contribution in [2.75, 3.05) is 49.3 Å². The molecule has 0 radical (unpaired) electrons. The molecule has 0 aliphatic rings. The Labute approximate surface area is 120 Å². The van der Waals surface area contributed by atoms with E-state index in [0.717, 1.165) is 0 Å². The van der Waals surface area contributed by atoms with Crippen molar-refractivity contribution >= 4 is 5.97 Å². The van der Waals surface area contributed by atoms with Crippen LogP contribution in [-0.2, 0) is 33.2 Å². The van der Waals surface area contributed by atoms with E-state index in [1.165, 1.54) is 14.2 Å². The van der Waals surface area contributed by atoms with Gasteiger partial charge in [-0.05, 0) is 0 Å². The van der Waals surface area contributed by atoms with Crippen molar-refractivity contribution in [2.24, 2.45) is 0 Å². The second kappa shape index (κ2) is 11.0. The molecule has 0 fully saturated rings. The van der Waals surface area contributed by atoms with Crippen LogP contribution in [0.5, 0.6) is 0 Å². The molecule has 20 heavy (non-hydrogen) atoms. The van der Waals surface area contributed by atoms with Gasteiger partial charge in [-0.2, -0.15) is 0 Å². The number of carbonyl (C=O) groups is 1. The summed E-state index contributed by atoms with van der Waals surface area (Å²) in [5, 5.41) is 0. The quantitative estimate of drug-likeness (QED) is 0.506. The van der Waals surface area contributed by atoms with E-state index in [0.29, 0.717) is 13.0 Å². The first-order valence-electron chi connectivity index (χ1n) is 6.27. The molecule has 0 aromatic rings. The van der Waals surface area contributed by atoms with Crippen molar-refractivity contribution in [1.82, 2.24) is 0 Å². The van der Waals surface area contributed by atoms with Gasteiger partial charge in [-0.15, -0.1) is 0 Å². The molecule has 0 aromatic heterocycles. The Balaban J connectivity index is 4.86. The second-order valence-corrected chi connectivity index (χ2v) is 4.19. The highest BCUT2D eigenvalue weighted by atomic mass is 16.6. The summed E-state index contributed by atoms with van der Waals surface area (Å²) in [7, 11) is 8.99. The molecule has 0 bridgehead atoms. The van der Waals surface area contributed by atoms with Gasteiger partial charge in [0.2, 0.25) is 0 Å². The van der Waals surface area contributed by atoms with Crippen LogP contribution in [0, 0.1) is 0 Å². The smallest absolute Gasteiger partial charge is 0.335 e. The number of esters is 1. The summed E-state index contributed by atoms with van der Waals surface area (Å²) in [4.78, 5) is 11.6. The molecule has 120 valence electrons. The average molecular weight is 294 g/mol. The van der Waals surface area contributed by atoms with Crippen molar-refractivity contribution in [2.45, 2.75) is 30.8 Å². The van der Waals surface area contributed by atoms with Crippen LogP contribution in [-0.4, -0.2) is 79.7 Å². The van der Waals surface area contributed by atoms with Gasteiger partial charge in [-0.1, -0.05) is 0 Å². The van der Waals surface area contributed by atoms with Crippen LogP contribution in [0.15, 0.2) is 0 Å². The largest absolute Gasteiger partial charge is 0.467 e. The summed E-state index contributed by atoms with van der Waals surface area (Å²) in [6.07, 6.45) is -1.54. The van der Waals surface area contributed by atoms with Crippen molar-refractivity contribution in [3.63, 3.8) is 0 Å². The lowest BCUT2D eigenvalue weighted by molar-refractivity contribution is -0.161. The van der Waals surface area contributed by atoms with Gasteiger partial charge in [0.15, 0.2) is 6.10 Å². The molecule has 0 aliphatic carbocycles. The maximum Gasteiger partial charge on any atom is 0.335 e. The zero-order chi connectivity index (χ0) is 15.5. The molecular weight excluding hydrogens is 268 g/mol. The topological polar surface area (TPSA) is 72.5 Å². The zero-order valence-corrected chi connectivity index (χ0v) is 13.1. The zero-order valence-electron chi connectivity index (χ0n) is 13.1. The maximum absolute atomic E-state index is 11.6. The first-order valence-corrected chi connectivity index (χ1v) is 6.27. The van der Waals surface area contributed by atoms with E-state index in [1.54, 1.807) is 28.4 Å². The highest BCUT2D eigenvalue weighted by molar-refractivity contribution is 5.74. The Morgan fingerprint density at radius 2 is 1.45 bits per heavy atom. The standard InChI is InChI=1S/C13H26O7/c1-15-8-11(18-4)12(19-5)9(16-2)7-10(17-3)13(14)20-6/h9-12H,7-8H2,1-6H3. The molecule has 0 amide bonds. The van der Waals surface area contributed by atoms with Crippen LogP contribution in [0.3, 0.4) is 0 Å². The molecule has 7 heteroatoms. The van der Waals surface area contributed by atoms with Crippen LogP contribution < -0.4 is 0 Å². The normalized spacial score (nSPS) is 17.3. The predicted octanol–water partition coefficient (Wildman–Crippen LogP) is 0.256. The number of hydrogen-bond donors (Lipinski definition) is 0. The Morgan fingerprint density at radius 1 is 0.850 bits per heavy atom. The van der Waals surface area contributed by atoms with E-state index in [4.69, 9.17) is 23.7 Å². The van der Waals surface area contributed by atoms with Crippen LogP contribution in [0.4, 0.5) is 0 Å². The maximum atomic E-state index is 11.6. The highest BCUT2D eigenvalue weighted by Crippen LogP contribution is 2.17. The van der Waals surface area contributed by atoms with Gasteiger partial charge in [0.1, 0.15) is 12.2 Å². The molecular formula is C13H26O7. The van der Waals surface area contributed by atoms with Gasteiger partial charge in [0, 0.05) is 42.0 Å². The Hall–Kier alpha value is -0.730. The van der Waals surface area contributed by atoms with Gasteiger partial charge < -0.3 is 28.4 Å². The first kappa shape index (κ1) is 19.3. The summed E-state index contributed by atoms with van der Waals surface area (Å²) in [5.74, 6) is -0.454. The molecule has 7 nitrogen and oxygen atoms in total. The lowest BCUT2D eigenvalue weighted by Gasteiger charge is -2.31. The molecule has 4 unspecified atom stereocenters. The van der Waals surface area contributed by atoms with Gasteiger partial charge in [-0.25, -0.2) is 4.79 Å². The summed E-state index contributed by atoms with van der Waals surface area (Å²) in [6.45, 7) is 0.352. The fourth-order valence-corrected chi connectivity index (χ4v) is 2.00. The summed E-state index contributed by atoms with van der Waals surface area (Å²) >= 11 is 0. The Kier molecular flexibility index (Phi) is 10.6. The van der Waals surface area contributed by atoms with Gasteiger partial charge in [-0.3, -0.25) is 0 Å². The summed E-state index contributed by atoms with van der Waals surface area (Å²) in [6, 6.07) is 0. The molecule has 0 rings (SSSR count). The van der Waals surface area contributed by atoms with E-state index in [-0.39, 0.29) is 6.10 Å². The van der Waals surface area contributed by atoms with E-state index >= 15 is 0 Å². The fraction of sp³-hybridized carbons (Fsp3) is 0.923. The molecule has 0 heterocycles. The second-order valence-electron chi connectivity index (χ2n) is 4.19. The van der Waals surface area contributed by atoms with Crippen LogP contribution in [0.2, 0.25) is 0 Å². The molecule has 0 aromatic carbocycles. The van der Waals surface area contributed by atoms with Crippen molar-refractivity contribution in [1.29, 1.82) is 0 Å². The van der Waals surface area contributed by atoms with Gasteiger partial charge in [0.25, 0.3) is 0 Å². The number of methoxy groups -OCH3 is 6. The number of ether oxygens (including phenoxy) is 6. The lowest BCUT2D eigenvalue weighted by Crippen LogP contribution is -2.46. The molecule has 0 N–H and O–H groups in total. The third-order valence-electron chi connectivity index (χ3n) is 3.14. The predicted molar refractivity (Wildman–Crippen MR) is 71.7 cm³/mol. The summed E-state index contributed by atoms with van der Waals surface area (Å²) < 4.78 is 31.1. The SMILES string of the molecule is COCC(OC)C(OC)C(CC(OC)C(=O)OC)OC. The Bertz CT molecular complexity index is 259. The molecule has 4 atom stereocenters. The highest BCUT2D eigenvalue weighted by Gasteiger charge is 2.34. The molecule has 0 saturated heterocycles. The minimum Gasteiger partial charge on any atom is -0.467 e.